The predicted molar refractivity (Wildman–Crippen MR) is 74.6 cm³/mol. The minimum absolute atomic E-state index is 0.115. The Labute approximate surface area is 113 Å². The van der Waals surface area contributed by atoms with Crippen molar-refractivity contribution in [1.29, 1.82) is 0 Å². The first-order valence-electron chi connectivity index (χ1n) is 6.74. The summed E-state index contributed by atoms with van der Waals surface area (Å²) in [5, 5.41) is 10.4. The van der Waals surface area contributed by atoms with Gasteiger partial charge in [-0.3, -0.25) is 0 Å². The number of benzene rings is 2. The molecule has 0 aliphatic carbocycles. The second-order valence-corrected chi connectivity index (χ2v) is 5.08. The van der Waals surface area contributed by atoms with Crippen molar-refractivity contribution < 1.29 is 9.84 Å². The second-order valence-electron chi connectivity index (χ2n) is 5.08. The minimum Gasteiger partial charge on any atom is -0.388 e. The molecule has 3 rings (SSSR count). The summed E-state index contributed by atoms with van der Waals surface area (Å²) in [7, 11) is 0. The molecule has 0 amide bonds. The second kappa shape index (κ2) is 5.55. The molecule has 0 radical (unpaired) electrons. The number of hydrogen-bond donors (Lipinski definition) is 1. The topological polar surface area (TPSA) is 29.5 Å². The molecule has 1 aliphatic heterocycles. The molecule has 1 heterocycles. The van der Waals surface area contributed by atoms with Gasteiger partial charge >= 0.3 is 0 Å². The van der Waals surface area contributed by atoms with E-state index in [1.165, 1.54) is 5.56 Å². The highest BCUT2D eigenvalue weighted by molar-refractivity contribution is 5.21. The van der Waals surface area contributed by atoms with E-state index in [0.717, 1.165) is 12.0 Å². The summed E-state index contributed by atoms with van der Waals surface area (Å²) in [5.41, 5.74) is 2.18. The molecular formula is C17H18O2. The van der Waals surface area contributed by atoms with Crippen LogP contribution in [0.25, 0.3) is 0 Å². The molecule has 1 saturated heterocycles. The molecule has 1 N–H and O–H groups in total. The largest absolute Gasteiger partial charge is 0.388 e. The Kier molecular flexibility index (Phi) is 3.62. The summed E-state index contributed by atoms with van der Waals surface area (Å²) in [4.78, 5) is 0. The van der Waals surface area contributed by atoms with E-state index < -0.39 is 6.10 Å². The summed E-state index contributed by atoms with van der Waals surface area (Å²) in [6, 6.07) is 20.1. The lowest BCUT2D eigenvalue weighted by Crippen LogP contribution is -2.12. The minimum atomic E-state index is -0.435. The van der Waals surface area contributed by atoms with Gasteiger partial charge in [0, 0.05) is 5.92 Å². The smallest absolute Gasteiger partial charge is 0.0841 e. The van der Waals surface area contributed by atoms with E-state index in [1.54, 1.807) is 0 Å². The van der Waals surface area contributed by atoms with Crippen molar-refractivity contribution in [3.05, 3.63) is 71.8 Å². The molecule has 3 unspecified atom stereocenters. The molecule has 98 valence electrons. The van der Waals surface area contributed by atoms with Crippen LogP contribution in [0.5, 0.6) is 0 Å². The lowest BCUT2D eigenvalue weighted by molar-refractivity contribution is 0.0759. The molecule has 0 saturated carbocycles. The third kappa shape index (κ3) is 2.70. The average molecular weight is 254 g/mol. The molecular weight excluding hydrogens is 236 g/mol. The normalized spacial score (nSPS) is 24.3. The number of aliphatic hydroxyl groups excluding tert-OH is 1. The molecule has 19 heavy (non-hydrogen) atoms. The SMILES string of the molecule is OC(c1ccccc1)C1COC(c2ccccc2)C1. The van der Waals surface area contributed by atoms with Crippen LogP contribution < -0.4 is 0 Å². The lowest BCUT2D eigenvalue weighted by Gasteiger charge is -2.17. The van der Waals surface area contributed by atoms with Gasteiger partial charge in [-0.05, 0) is 17.5 Å². The predicted octanol–water partition coefficient (Wildman–Crippen LogP) is 3.50. The number of aliphatic hydroxyl groups is 1. The zero-order chi connectivity index (χ0) is 13.1. The van der Waals surface area contributed by atoms with Gasteiger partial charge in [0.2, 0.25) is 0 Å². The van der Waals surface area contributed by atoms with Crippen molar-refractivity contribution in [3.63, 3.8) is 0 Å². The van der Waals surface area contributed by atoms with Crippen LogP contribution in [-0.4, -0.2) is 11.7 Å². The monoisotopic (exact) mass is 254 g/mol. The molecule has 2 aromatic carbocycles. The van der Waals surface area contributed by atoms with Crippen molar-refractivity contribution in [3.8, 4) is 0 Å². The highest BCUT2D eigenvalue weighted by Gasteiger charge is 2.32. The van der Waals surface area contributed by atoms with Crippen LogP contribution in [0.1, 0.15) is 29.8 Å². The first kappa shape index (κ1) is 12.4. The maximum Gasteiger partial charge on any atom is 0.0841 e. The molecule has 2 heteroatoms. The molecule has 0 bridgehead atoms. The third-order valence-electron chi connectivity index (χ3n) is 3.79. The fourth-order valence-electron chi connectivity index (χ4n) is 2.69. The van der Waals surface area contributed by atoms with Crippen molar-refractivity contribution in [2.75, 3.05) is 6.61 Å². The van der Waals surface area contributed by atoms with Crippen LogP contribution in [0.4, 0.5) is 0 Å². The van der Waals surface area contributed by atoms with Crippen molar-refractivity contribution in [2.45, 2.75) is 18.6 Å². The molecule has 0 aromatic heterocycles. The summed E-state index contributed by atoms with van der Waals surface area (Å²) < 4.78 is 5.83. The molecule has 3 atom stereocenters. The van der Waals surface area contributed by atoms with Crippen LogP contribution >= 0.6 is 0 Å². The van der Waals surface area contributed by atoms with Gasteiger partial charge in [0.05, 0.1) is 18.8 Å². The molecule has 1 fully saturated rings. The summed E-state index contributed by atoms with van der Waals surface area (Å²) >= 11 is 0. The Morgan fingerprint density at radius 1 is 0.947 bits per heavy atom. The number of hydrogen-bond acceptors (Lipinski definition) is 2. The van der Waals surface area contributed by atoms with Crippen LogP contribution in [-0.2, 0) is 4.74 Å². The van der Waals surface area contributed by atoms with Gasteiger partial charge in [-0.2, -0.15) is 0 Å². The number of ether oxygens (including phenoxy) is 1. The van der Waals surface area contributed by atoms with Crippen LogP contribution in [0.2, 0.25) is 0 Å². The molecule has 0 spiro atoms. The Morgan fingerprint density at radius 3 is 2.26 bits per heavy atom. The van der Waals surface area contributed by atoms with E-state index in [1.807, 2.05) is 48.5 Å². The van der Waals surface area contributed by atoms with Crippen LogP contribution in [0.3, 0.4) is 0 Å². The molecule has 1 aliphatic rings. The maximum absolute atomic E-state index is 10.4. The third-order valence-corrected chi connectivity index (χ3v) is 3.79. The van der Waals surface area contributed by atoms with E-state index in [2.05, 4.69) is 12.1 Å². The average Bonchev–Trinajstić information content (AvgIpc) is 2.98. The highest BCUT2D eigenvalue weighted by atomic mass is 16.5. The Morgan fingerprint density at radius 2 is 1.58 bits per heavy atom. The Balaban J connectivity index is 1.69. The standard InChI is InChI=1S/C17H18O2/c18-17(14-9-5-2-6-10-14)15-11-16(19-12-15)13-7-3-1-4-8-13/h1-10,15-18H,11-12H2. The fraction of sp³-hybridized carbons (Fsp3) is 0.294. The van der Waals surface area contributed by atoms with E-state index in [4.69, 9.17) is 4.74 Å². The van der Waals surface area contributed by atoms with Gasteiger partial charge in [-0.15, -0.1) is 0 Å². The fourth-order valence-corrected chi connectivity index (χ4v) is 2.69. The number of rotatable bonds is 3. The van der Waals surface area contributed by atoms with Gasteiger partial charge in [-0.1, -0.05) is 60.7 Å². The Hall–Kier alpha value is -1.64. The van der Waals surface area contributed by atoms with Crippen molar-refractivity contribution >= 4 is 0 Å². The van der Waals surface area contributed by atoms with E-state index in [-0.39, 0.29) is 12.0 Å². The van der Waals surface area contributed by atoms with Gasteiger partial charge in [-0.25, -0.2) is 0 Å². The zero-order valence-electron chi connectivity index (χ0n) is 10.8. The van der Waals surface area contributed by atoms with Gasteiger partial charge in [0.25, 0.3) is 0 Å². The quantitative estimate of drug-likeness (QED) is 0.908. The zero-order valence-corrected chi connectivity index (χ0v) is 10.8. The van der Waals surface area contributed by atoms with Crippen molar-refractivity contribution in [1.82, 2.24) is 0 Å². The summed E-state index contributed by atoms with van der Waals surface area (Å²) in [6.45, 7) is 0.621. The van der Waals surface area contributed by atoms with Gasteiger partial charge in [0.1, 0.15) is 0 Å². The first-order chi connectivity index (χ1) is 9.34. The maximum atomic E-state index is 10.4. The van der Waals surface area contributed by atoms with Gasteiger partial charge in [0.15, 0.2) is 0 Å². The van der Waals surface area contributed by atoms with Crippen LogP contribution in [0.15, 0.2) is 60.7 Å². The summed E-state index contributed by atoms with van der Waals surface area (Å²) in [5.74, 6) is 0.174. The van der Waals surface area contributed by atoms with E-state index in [9.17, 15) is 5.11 Å². The van der Waals surface area contributed by atoms with Crippen molar-refractivity contribution in [2.24, 2.45) is 5.92 Å². The van der Waals surface area contributed by atoms with Crippen LogP contribution in [0, 0.1) is 5.92 Å². The Bertz CT molecular complexity index is 509. The molecule has 2 aromatic rings. The first-order valence-corrected chi connectivity index (χ1v) is 6.74. The lowest BCUT2D eigenvalue weighted by atomic mass is 9.92. The van der Waals surface area contributed by atoms with E-state index >= 15 is 0 Å². The molecule has 2 nitrogen and oxygen atoms in total. The summed E-state index contributed by atoms with van der Waals surface area (Å²) in [6.07, 6.45) is 0.555. The van der Waals surface area contributed by atoms with E-state index in [0.29, 0.717) is 6.61 Å². The highest BCUT2D eigenvalue weighted by Crippen LogP contribution is 2.38. The van der Waals surface area contributed by atoms with Gasteiger partial charge < -0.3 is 9.84 Å².